The molecule has 2 aromatic carbocycles. The molecule has 0 bridgehead atoms. The van der Waals surface area contributed by atoms with Crippen molar-refractivity contribution in [1.29, 1.82) is 0 Å². The number of aryl methyl sites for hydroxylation is 1. The van der Waals surface area contributed by atoms with E-state index >= 15 is 0 Å². The number of nitrogens with one attached hydrogen (secondary N) is 2. The highest BCUT2D eigenvalue weighted by atomic mass is 32.2. The average molecular weight is 361 g/mol. The summed E-state index contributed by atoms with van der Waals surface area (Å²) >= 11 is 0. The van der Waals surface area contributed by atoms with Crippen LogP contribution in [0.15, 0.2) is 59.5 Å². The van der Waals surface area contributed by atoms with Crippen molar-refractivity contribution in [3.05, 3.63) is 65.7 Å². The van der Waals surface area contributed by atoms with Gasteiger partial charge in [0, 0.05) is 5.56 Å². The lowest BCUT2D eigenvalue weighted by atomic mass is 10.1. The van der Waals surface area contributed by atoms with Crippen LogP contribution in [0.25, 0.3) is 0 Å². The predicted octanol–water partition coefficient (Wildman–Crippen LogP) is 0.930. The summed E-state index contributed by atoms with van der Waals surface area (Å²) in [7, 11) is -3.51. The summed E-state index contributed by atoms with van der Waals surface area (Å²) in [6.07, 6.45) is 0. The van der Waals surface area contributed by atoms with Crippen LogP contribution in [0.3, 0.4) is 0 Å². The molecular formula is C19H25N2O3S+. The maximum Gasteiger partial charge on any atom is 0.240 e. The molecule has 1 atom stereocenters. The summed E-state index contributed by atoms with van der Waals surface area (Å²) in [4.78, 5) is 1.66. The largest absolute Gasteiger partial charge is 0.370 e. The van der Waals surface area contributed by atoms with E-state index < -0.39 is 10.0 Å². The molecule has 0 aromatic heterocycles. The van der Waals surface area contributed by atoms with Crippen LogP contribution >= 0.6 is 0 Å². The zero-order valence-corrected chi connectivity index (χ0v) is 15.3. The third-order valence-corrected chi connectivity index (χ3v) is 6.08. The molecule has 5 nitrogen and oxygen atoms in total. The Balaban J connectivity index is 1.77. The van der Waals surface area contributed by atoms with Gasteiger partial charge >= 0.3 is 0 Å². The normalized spacial score (nSPS) is 17.3. The molecule has 0 aliphatic carbocycles. The third-order valence-electron chi connectivity index (χ3n) is 4.64. The molecule has 1 heterocycles. The minimum atomic E-state index is -3.51. The Morgan fingerprint density at radius 3 is 2.32 bits per heavy atom. The van der Waals surface area contributed by atoms with Gasteiger partial charge in [-0.2, -0.15) is 0 Å². The fraction of sp³-hybridized carbons (Fsp3) is 0.368. The molecule has 0 unspecified atom stereocenters. The molecule has 2 N–H and O–H groups in total. The SMILES string of the molecule is Cc1ccc(S(=O)(=O)NC[C@@H](c2ccccc2)[NH+]2CCOCC2)cc1. The van der Waals surface area contributed by atoms with Crippen molar-refractivity contribution >= 4 is 10.0 Å². The lowest BCUT2D eigenvalue weighted by Crippen LogP contribution is -3.15. The zero-order chi connectivity index (χ0) is 17.7. The van der Waals surface area contributed by atoms with Gasteiger partial charge in [-0.1, -0.05) is 48.0 Å². The van der Waals surface area contributed by atoms with Gasteiger partial charge in [0.05, 0.1) is 24.7 Å². The van der Waals surface area contributed by atoms with Crippen molar-refractivity contribution in [3.8, 4) is 0 Å². The summed E-state index contributed by atoms with van der Waals surface area (Å²) in [6, 6.07) is 17.1. The molecule has 1 saturated heterocycles. The summed E-state index contributed by atoms with van der Waals surface area (Å²) in [5, 5.41) is 0. The number of quaternary nitrogens is 1. The number of sulfonamides is 1. The Hall–Kier alpha value is -1.73. The molecule has 6 heteroatoms. The first-order chi connectivity index (χ1) is 12.1. The molecule has 3 rings (SSSR count). The van der Waals surface area contributed by atoms with Gasteiger partial charge < -0.3 is 9.64 Å². The molecule has 0 amide bonds. The monoisotopic (exact) mass is 361 g/mol. The zero-order valence-electron chi connectivity index (χ0n) is 14.4. The first kappa shape index (κ1) is 18.1. The van der Waals surface area contributed by atoms with Gasteiger partial charge in [0.1, 0.15) is 19.1 Å². The van der Waals surface area contributed by atoms with E-state index in [1.165, 1.54) is 4.90 Å². The maximum atomic E-state index is 12.6. The van der Waals surface area contributed by atoms with Crippen LogP contribution in [0, 0.1) is 6.92 Å². The van der Waals surface area contributed by atoms with E-state index in [-0.39, 0.29) is 6.04 Å². The molecule has 0 radical (unpaired) electrons. The molecule has 25 heavy (non-hydrogen) atoms. The highest BCUT2D eigenvalue weighted by Crippen LogP contribution is 2.13. The lowest BCUT2D eigenvalue weighted by molar-refractivity contribution is -0.937. The number of hydrogen-bond donors (Lipinski definition) is 2. The molecule has 2 aromatic rings. The molecular weight excluding hydrogens is 336 g/mol. The number of morpholine rings is 1. The van der Waals surface area contributed by atoms with E-state index in [1.54, 1.807) is 12.1 Å². The number of ether oxygens (including phenoxy) is 1. The van der Waals surface area contributed by atoms with E-state index in [2.05, 4.69) is 16.9 Å². The maximum absolute atomic E-state index is 12.6. The van der Waals surface area contributed by atoms with Crippen molar-refractivity contribution in [1.82, 2.24) is 4.72 Å². The van der Waals surface area contributed by atoms with Crippen LogP contribution in [-0.4, -0.2) is 41.3 Å². The van der Waals surface area contributed by atoms with Gasteiger partial charge in [0.25, 0.3) is 0 Å². The Bertz CT molecular complexity index is 770. The highest BCUT2D eigenvalue weighted by molar-refractivity contribution is 7.89. The molecule has 1 aliphatic heterocycles. The summed E-state index contributed by atoms with van der Waals surface area (Å²) in [5.74, 6) is 0. The Morgan fingerprint density at radius 1 is 1.04 bits per heavy atom. The van der Waals surface area contributed by atoms with E-state index in [0.717, 1.165) is 24.2 Å². The van der Waals surface area contributed by atoms with Crippen molar-refractivity contribution in [2.24, 2.45) is 0 Å². The number of hydrogen-bond acceptors (Lipinski definition) is 3. The van der Waals surface area contributed by atoms with Gasteiger partial charge in [-0.05, 0) is 19.1 Å². The second kappa shape index (κ2) is 8.10. The Kier molecular flexibility index (Phi) is 5.86. The van der Waals surface area contributed by atoms with Crippen molar-refractivity contribution in [3.63, 3.8) is 0 Å². The number of benzene rings is 2. The smallest absolute Gasteiger partial charge is 0.240 e. The Labute approximate surface area is 149 Å². The molecule has 1 fully saturated rings. The van der Waals surface area contributed by atoms with Gasteiger partial charge in [-0.3, -0.25) is 0 Å². The third kappa shape index (κ3) is 4.67. The molecule has 0 spiro atoms. The highest BCUT2D eigenvalue weighted by Gasteiger charge is 2.28. The van der Waals surface area contributed by atoms with Crippen LogP contribution in [0.4, 0.5) is 0 Å². The Morgan fingerprint density at radius 2 is 1.68 bits per heavy atom. The van der Waals surface area contributed by atoms with Crippen molar-refractivity contribution < 1.29 is 18.1 Å². The molecule has 134 valence electrons. The van der Waals surface area contributed by atoms with Crippen molar-refractivity contribution in [2.75, 3.05) is 32.8 Å². The quantitative estimate of drug-likeness (QED) is 0.805. The molecule has 1 aliphatic rings. The van der Waals surface area contributed by atoms with Gasteiger partial charge in [0.2, 0.25) is 10.0 Å². The second-order valence-corrected chi connectivity index (χ2v) is 8.17. The predicted molar refractivity (Wildman–Crippen MR) is 97.1 cm³/mol. The van der Waals surface area contributed by atoms with Gasteiger partial charge in [-0.25, -0.2) is 13.1 Å². The van der Waals surface area contributed by atoms with E-state index in [9.17, 15) is 8.42 Å². The minimum absolute atomic E-state index is 0.0744. The topological polar surface area (TPSA) is 59.8 Å². The first-order valence-corrected chi connectivity index (χ1v) is 10.1. The minimum Gasteiger partial charge on any atom is -0.370 e. The van der Waals surface area contributed by atoms with Crippen LogP contribution in [-0.2, 0) is 14.8 Å². The molecule has 0 saturated carbocycles. The van der Waals surface area contributed by atoms with Gasteiger partial charge in [-0.15, -0.1) is 0 Å². The average Bonchev–Trinajstić information content (AvgIpc) is 2.64. The van der Waals surface area contributed by atoms with Crippen LogP contribution in [0.1, 0.15) is 17.2 Å². The lowest BCUT2D eigenvalue weighted by Gasteiger charge is -2.31. The second-order valence-electron chi connectivity index (χ2n) is 6.40. The standard InChI is InChI=1S/C19H24N2O3S/c1-16-7-9-18(10-8-16)25(22,23)20-15-19(17-5-3-2-4-6-17)21-11-13-24-14-12-21/h2-10,19-20H,11-15H2,1H3/p+1/t19-/m0/s1. The van der Waals surface area contributed by atoms with Crippen LogP contribution in [0.2, 0.25) is 0 Å². The fourth-order valence-electron chi connectivity index (χ4n) is 3.16. The number of rotatable bonds is 6. The first-order valence-electron chi connectivity index (χ1n) is 8.60. The summed E-state index contributed by atoms with van der Waals surface area (Å²) in [5.41, 5.74) is 2.19. The summed E-state index contributed by atoms with van der Waals surface area (Å²) < 4.78 is 33.5. The van der Waals surface area contributed by atoms with Crippen LogP contribution < -0.4 is 9.62 Å². The summed E-state index contributed by atoms with van der Waals surface area (Å²) in [6.45, 7) is 5.50. The van der Waals surface area contributed by atoms with Crippen LogP contribution in [0.5, 0.6) is 0 Å². The fourth-order valence-corrected chi connectivity index (χ4v) is 4.21. The van der Waals surface area contributed by atoms with E-state index in [0.29, 0.717) is 24.7 Å². The van der Waals surface area contributed by atoms with E-state index in [4.69, 9.17) is 4.74 Å². The van der Waals surface area contributed by atoms with E-state index in [1.807, 2.05) is 37.3 Å². The van der Waals surface area contributed by atoms with Crippen molar-refractivity contribution in [2.45, 2.75) is 17.9 Å². The van der Waals surface area contributed by atoms with Gasteiger partial charge in [0.15, 0.2) is 0 Å².